The fourth-order valence-electron chi connectivity index (χ4n) is 1.52. The van der Waals surface area contributed by atoms with Gasteiger partial charge in [-0.25, -0.2) is 4.79 Å². The highest BCUT2D eigenvalue weighted by molar-refractivity contribution is 5.69. The number of ether oxygens (including phenoxy) is 1. The quantitative estimate of drug-likeness (QED) is 0.871. The van der Waals surface area contributed by atoms with Crippen molar-refractivity contribution in [3.8, 4) is 5.75 Å². The van der Waals surface area contributed by atoms with E-state index in [0.717, 1.165) is 12.8 Å². The van der Waals surface area contributed by atoms with Gasteiger partial charge in [0.1, 0.15) is 5.75 Å². The molecule has 100 valence electrons. The number of amides is 1. The molecule has 0 aliphatic carbocycles. The van der Waals surface area contributed by atoms with E-state index >= 15 is 0 Å². The molecule has 18 heavy (non-hydrogen) atoms. The molecule has 0 aliphatic rings. The van der Waals surface area contributed by atoms with Gasteiger partial charge in [-0.2, -0.15) is 0 Å². The van der Waals surface area contributed by atoms with E-state index in [-0.39, 0.29) is 0 Å². The van der Waals surface area contributed by atoms with Gasteiger partial charge in [0, 0.05) is 13.1 Å². The average Bonchev–Trinajstić information content (AvgIpc) is 2.37. The monoisotopic (exact) mass is 250 g/mol. The van der Waals surface area contributed by atoms with Crippen LogP contribution in [-0.2, 0) is 6.42 Å². The molecule has 0 radical (unpaired) electrons. The Balaban J connectivity index is 2.47. The summed E-state index contributed by atoms with van der Waals surface area (Å²) in [4.78, 5) is 13.2. The van der Waals surface area contributed by atoms with E-state index in [9.17, 15) is 4.79 Å². The van der Waals surface area contributed by atoms with Crippen molar-refractivity contribution in [1.82, 2.24) is 10.2 Å². The molecule has 1 rings (SSSR count). The Kier molecular flexibility index (Phi) is 5.65. The molecule has 0 bridgehead atoms. The Labute approximate surface area is 109 Å². The van der Waals surface area contributed by atoms with Crippen molar-refractivity contribution in [2.24, 2.45) is 0 Å². The maximum Gasteiger partial charge on any atom is 0.412 e. The predicted octanol–water partition coefficient (Wildman–Crippen LogP) is 2.29. The Hall–Kier alpha value is -1.55. The molecular weight excluding hydrogens is 228 g/mol. The summed E-state index contributed by atoms with van der Waals surface area (Å²) in [5.41, 5.74) is 1.26. The zero-order valence-electron chi connectivity index (χ0n) is 11.6. The van der Waals surface area contributed by atoms with Crippen LogP contribution in [0, 0.1) is 0 Å². The fraction of sp³-hybridized carbons (Fsp3) is 0.500. The lowest BCUT2D eigenvalue weighted by atomic mass is 10.1. The summed E-state index contributed by atoms with van der Waals surface area (Å²) in [5, 5.41) is 2.41. The lowest BCUT2D eigenvalue weighted by Crippen LogP contribution is -2.24. The molecule has 0 spiro atoms. The number of aryl methyl sites for hydroxylation is 1. The van der Waals surface area contributed by atoms with E-state index < -0.39 is 6.09 Å². The number of carbonyl (C=O) groups excluding carboxylic acids is 1. The maximum absolute atomic E-state index is 11.0. The topological polar surface area (TPSA) is 41.6 Å². The maximum atomic E-state index is 11.0. The van der Waals surface area contributed by atoms with Crippen molar-refractivity contribution < 1.29 is 9.53 Å². The number of carbonyl (C=O) groups is 1. The van der Waals surface area contributed by atoms with Crippen molar-refractivity contribution in [3.05, 3.63) is 29.8 Å². The molecule has 0 fully saturated rings. The SMILES string of the molecule is CNC(=O)Oc1ccc(CCC(C)N(C)C)cc1. The molecule has 4 nitrogen and oxygen atoms in total. The fourth-order valence-corrected chi connectivity index (χ4v) is 1.52. The van der Waals surface area contributed by atoms with Gasteiger partial charge in [-0.3, -0.25) is 0 Å². The smallest absolute Gasteiger partial charge is 0.410 e. The highest BCUT2D eigenvalue weighted by Crippen LogP contribution is 2.14. The molecule has 1 atom stereocenters. The van der Waals surface area contributed by atoms with Gasteiger partial charge in [-0.15, -0.1) is 0 Å². The molecule has 1 aromatic carbocycles. The average molecular weight is 250 g/mol. The molecular formula is C14H22N2O2. The van der Waals surface area contributed by atoms with Crippen LogP contribution in [0.5, 0.6) is 5.75 Å². The minimum absolute atomic E-state index is 0.441. The largest absolute Gasteiger partial charge is 0.412 e. The lowest BCUT2D eigenvalue weighted by Gasteiger charge is -2.19. The van der Waals surface area contributed by atoms with Crippen LogP contribution in [0.3, 0.4) is 0 Å². The van der Waals surface area contributed by atoms with Crippen LogP contribution in [0.2, 0.25) is 0 Å². The van der Waals surface area contributed by atoms with Crippen LogP contribution in [0.15, 0.2) is 24.3 Å². The summed E-state index contributed by atoms with van der Waals surface area (Å²) < 4.78 is 5.02. The lowest BCUT2D eigenvalue weighted by molar-refractivity contribution is 0.203. The van der Waals surface area contributed by atoms with E-state index in [1.807, 2.05) is 24.3 Å². The van der Waals surface area contributed by atoms with Gasteiger partial charge >= 0.3 is 6.09 Å². The zero-order chi connectivity index (χ0) is 13.5. The molecule has 0 saturated heterocycles. The van der Waals surface area contributed by atoms with Gasteiger partial charge in [-0.1, -0.05) is 12.1 Å². The first-order valence-corrected chi connectivity index (χ1v) is 6.18. The second-order valence-corrected chi connectivity index (χ2v) is 4.63. The number of nitrogens with one attached hydrogen (secondary N) is 1. The van der Waals surface area contributed by atoms with Crippen LogP contribution in [0.1, 0.15) is 18.9 Å². The summed E-state index contributed by atoms with van der Waals surface area (Å²) in [6.07, 6.45) is 1.70. The molecule has 4 heteroatoms. The molecule has 0 aliphatic heterocycles. The third-order valence-electron chi connectivity index (χ3n) is 3.07. The second kappa shape index (κ2) is 7.01. The summed E-state index contributed by atoms with van der Waals surface area (Å²) in [6, 6.07) is 8.21. The number of hydrogen-bond acceptors (Lipinski definition) is 3. The van der Waals surface area contributed by atoms with Crippen molar-refractivity contribution in [1.29, 1.82) is 0 Å². The van der Waals surface area contributed by atoms with Gasteiger partial charge in [0.2, 0.25) is 0 Å². The van der Waals surface area contributed by atoms with Crippen LogP contribution >= 0.6 is 0 Å². The van der Waals surface area contributed by atoms with Gasteiger partial charge < -0.3 is 15.0 Å². The molecule has 1 N–H and O–H groups in total. The van der Waals surface area contributed by atoms with Crippen molar-refractivity contribution in [3.63, 3.8) is 0 Å². The Morgan fingerprint density at radius 3 is 2.44 bits per heavy atom. The number of benzene rings is 1. The molecule has 0 aromatic heterocycles. The molecule has 1 amide bonds. The summed E-state index contributed by atoms with van der Waals surface area (Å²) in [7, 11) is 5.72. The molecule has 0 saturated carbocycles. The van der Waals surface area contributed by atoms with Gasteiger partial charge in [0.15, 0.2) is 0 Å². The van der Waals surface area contributed by atoms with Crippen molar-refractivity contribution >= 4 is 6.09 Å². The van der Waals surface area contributed by atoms with Gasteiger partial charge in [-0.05, 0) is 51.6 Å². The standard InChI is InChI=1S/C14H22N2O2/c1-11(16(3)4)5-6-12-7-9-13(10-8-12)18-14(17)15-2/h7-11H,5-6H2,1-4H3,(H,15,17). The zero-order valence-corrected chi connectivity index (χ0v) is 11.6. The van der Waals surface area contributed by atoms with E-state index in [2.05, 4.69) is 31.2 Å². The highest BCUT2D eigenvalue weighted by atomic mass is 16.5. The third kappa shape index (κ3) is 4.75. The number of nitrogens with zero attached hydrogens (tertiary/aromatic N) is 1. The first kappa shape index (κ1) is 14.5. The molecule has 1 unspecified atom stereocenters. The van der Waals surface area contributed by atoms with E-state index in [4.69, 9.17) is 4.74 Å². The normalized spacial score (nSPS) is 12.3. The van der Waals surface area contributed by atoms with Crippen LogP contribution in [-0.4, -0.2) is 38.2 Å². The Bertz CT molecular complexity index is 374. The summed E-state index contributed by atoms with van der Waals surface area (Å²) >= 11 is 0. The second-order valence-electron chi connectivity index (χ2n) is 4.63. The minimum atomic E-state index is -0.441. The van der Waals surface area contributed by atoms with Crippen molar-refractivity contribution in [2.45, 2.75) is 25.8 Å². The van der Waals surface area contributed by atoms with E-state index in [0.29, 0.717) is 11.8 Å². The van der Waals surface area contributed by atoms with E-state index in [1.54, 1.807) is 7.05 Å². The predicted molar refractivity (Wildman–Crippen MR) is 73.0 cm³/mol. The summed E-state index contributed by atoms with van der Waals surface area (Å²) in [5.74, 6) is 0.568. The van der Waals surface area contributed by atoms with Crippen LogP contribution < -0.4 is 10.1 Å². The first-order valence-electron chi connectivity index (χ1n) is 6.18. The summed E-state index contributed by atoms with van der Waals surface area (Å²) in [6.45, 7) is 2.21. The first-order chi connectivity index (χ1) is 8.52. The van der Waals surface area contributed by atoms with Crippen LogP contribution in [0.4, 0.5) is 4.79 Å². The number of hydrogen-bond donors (Lipinski definition) is 1. The van der Waals surface area contributed by atoms with E-state index in [1.165, 1.54) is 5.56 Å². The van der Waals surface area contributed by atoms with Gasteiger partial charge in [0.05, 0.1) is 0 Å². The Morgan fingerprint density at radius 1 is 1.33 bits per heavy atom. The Morgan fingerprint density at radius 2 is 1.94 bits per heavy atom. The number of rotatable bonds is 5. The third-order valence-corrected chi connectivity index (χ3v) is 3.07. The molecule has 0 heterocycles. The van der Waals surface area contributed by atoms with Crippen LogP contribution in [0.25, 0.3) is 0 Å². The van der Waals surface area contributed by atoms with Gasteiger partial charge in [0.25, 0.3) is 0 Å². The minimum Gasteiger partial charge on any atom is -0.410 e. The highest BCUT2D eigenvalue weighted by Gasteiger charge is 2.05. The molecule has 1 aromatic rings. The van der Waals surface area contributed by atoms with Crippen molar-refractivity contribution in [2.75, 3.05) is 21.1 Å².